The van der Waals surface area contributed by atoms with Crippen LogP contribution < -0.4 is 10.1 Å². The van der Waals surface area contributed by atoms with E-state index in [-0.39, 0.29) is 12.1 Å². The van der Waals surface area contributed by atoms with Gasteiger partial charge in [0.2, 0.25) is 0 Å². The second-order valence-corrected chi connectivity index (χ2v) is 5.32. The third kappa shape index (κ3) is 2.38. The molecule has 2 aliphatic heterocycles. The van der Waals surface area contributed by atoms with Gasteiger partial charge in [-0.3, -0.25) is 0 Å². The molecule has 1 fully saturated rings. The molecule has 0 amide bonds. The summed E-state index contributed by atoms with van der Waals surface area (Å²) in [6.07, 6.45) is 5.20. The van der Waals surface area contributed by atoms with E-state index in [9.17, 15) is 5.11 Å². The van der Waals surface area contributed by atoms with E-state index in [0.717, 1.165) is 50.1 Å². The van der Waals surface area contributed by atoms with Crippen molar-refractivity contribution in [2.24, 2.45) is 0 Å². The van der Waals surface area contributed by atoms with Crippen LogP contribution in [0.4, 0.5) is 0 Å². The molecule has 3 heteroatoms. The Morgan fingerprint density at radius 2 is 2.22 bits per heavy atom. The number of fused-ring (bicyclic) bond motifs is 1. The minimum atomic E-state index is -0.388. The van der Waals surface area contributed by atoms with Crippen LogP contribution >= 0.6 is 0 Å². The Bertz CT molecular complexity index is 413. The van der Waals surface area contributed by atoms with Gasteiger partial charge >= 0.3 is 0 Å². The molecule has 1 saturated heterocycles. The zero-order valence-corrected chi connectivity index (χ0v) is 10.7. The maximum Gasteiger partial charge on any atom is 0.122 e. The standard InChI is InChI=1S/C15H21NO2/c17-15(13-5-3-8-16-13)12-6-7-14-11(10-12)4-1-2-9-18-14/h6-7,10,13,15-17H,1-5,8-9H2. The van der Waals surface area contributed by atoms with Crippen LogP contribution in [0.25, 0.3) is 0 Å². The molecule has 0 aromatic heterocycles. The van der Waals surface area contributed by atoms with E-state index in [1.807, 2.05) is 12.1 Å². The zero-order chi connectivity index (χ0) is 12.4. The average Bonchev–Trinajstić information content (AvgIpc) is 2.83. The molecule has 3 rings (SSSR count). The van der Waals surface area contributed by atoms with Crippen molar-refractivity contribution in [3.8, 4) is 5.75 Å². The largest absolute Gasteiger partial charge is 0.493 e. The fourth-order valence-electron chi connectivity index (χ4n) is 2.93. The molecular formula is C15H21NO2. The van der Waals surface area contributed by atoms with Crippen molar-refractivity contribution in [2.75, 3.05) is 13.2 Å². The topological polar surface area (TPSA) is 41.5 Å². The summed E-state index contributed by atoms with van der Waals surface area (Å²) in [6, 6.07) is 6.38. The Morgan fingerprint density at radius 3 is 3.06 bits per heavy atom. The van der Waals surface area contributed by atoms with Crippen LogP contribution in [-0.4, -0.2) is 24.3 Å². The van der Waals surface area contributed by atoms with Crippen LogP contribution in [0.5, 0.6) is 5.75 Å². The molecule has 0 spiro atoms. The number of rotatable bonds is 2. The maximum atomic E-state index is 10.4. The SMILES string of the molecule is OC(c1ccc2c(c1)CCCCO2)C1CCCN1. The van der Waals surface area contributed by atoms with Gasteiger partial charge in [0.05, 0.1) is 12.7 Å². The smallest absolute Gasteiger partial charge is 0.122 e. The molecule has 98 valence electrons. The quantitative estimate of drug-likeness (QED) is 0.841. The van der Waals surface area contributed by atoms with Crippen molar-refractivity contribution in [1.82, 2.24) is 5.32 Å². The summed E-state index contributed by atoms with van der Waals surface area (Å²) in [5.74, 6) is 1.00. The lowest BCUT2D eigenvalue weighted by molar-refractivity contribution is 0.137. The van der Waals surface area contributed by atoms with Gasteiger partial charge < -0.3 is 15.2 Å². The van der Waals surface area contributed by atoms with E-state index in [0.29, 0.717) is 0 Å². The number of nitrogens with one attached hydrogen (secondary N) is 1. The summed E-state index contributed by atoms with van der Waals surface area (Å²) in [5, 5.41) is 13.8. The second-order valence-electron chi connectivity index (χ2n) is 5.32. The third-order valence-electron chi connectivity index (χ3n) is 4.00. The summed E-state index contributed by atoms with van der Waals surface area (Å²) >= 11 is 0. The van der Waals surface area contributed by atoms with E-state index in [4.69, 9.17) is 4.74 Å². The fraction of sp³-hybridized carbons (Fsp3) is 0.600. The summed E-state index contributed by atoms with van der Waals surface area (Å²) in [4.78, 5) is 0. The summed E-state index contributed by atoms with van der Waals surface area (Å²) < 4.78 is 5.71. The molecular weight excluding hydrogens is 226 g/mol. The van der Waals surface area contributed by atoms with Gasteiger partial charge in [-0.2, -0.15) is 0 Å². The van der Waals surface area contributed by atoms with Crippen LogP contribution in [0.1, 0.15) is 42.9 Å². The highest BCUT2D eigenvalue weighted by Crippen LogP contribution is 2.30. The molecule has 2 unspecified atom stereocenters. The molecule has 2 aliphatic rings. The number of aliphatic hydroxyl groups is 1. The van der Waals surface area contributed by atoms with Gasteiger partial charge in [0, 0.05) is 6.04 Å². The Labute approximate surface area is 108 Å². The van der Waals surface area contributed by atoms with Crippen LogP contribution in [-0.2, 0) is 6.42 Å². The minimum absolute atomic E-state index is 0.217. The number of aliphatic hydroxyl groups excluding tert-OH is 1. The third-order valence-corrected chi connectivity index (χ3v) is 4.00. The van der Waals surface area contributed by atoms with E-state index >= 15 is 0 Å². The van der Waals surface area contributed by atoms with Crippen LogP contribution in [0.2, 0.25) is 0 Å². The summed E-state index contributed by atoms with van der Waals surface area (Å²) in [7, 11) is 0. The highest BCUT2D eigenvalue weighted by molar-refractivity contribution is 5.39. The predicted molar refractivity (Wildman–Crippen MR) is 70.9 cm³/mol. The van der Waals surface area contributed by atoms with Gasteiger partial charge in [0.15, 0.2) is 0 Å². The van der Waals surface area contributed by atoms with Crippen LogP contribution in [0, 0.1) is 0 Å². The van der Waals surface area contributed by atoms with Crippen LogP contribution in [0.3, 0.4) is 0 Å². The molecule has 18 heavy (non-hydrogen) atoms. The van der Waals surface area contributed by atoms with Gasteiger partial charge in [0.1, 0.15) is 5.75 Å². The summed E-state index contributed by atoms with van der Waals surface area (Å²) in [6.45, 7) is 1.84. The van der Waals surface area contributed by atoms with Crippen molar-refractivity contribution in [1.29, 1.82) is 0 Å². The van der Waals surface area contributed by atoms with Crippen molar-refractivity contribution in [3.05, 3.63) is 29.3 Å². The molecule has 0 radical (unpaired) electrons. The molecule has 0 aliphatic carbocycles. The lowest BCUT2D eigenvalue weighted by Crippen LogP contribution is -2.28. The van der Waals surface area contributed by atoms with Crippen molar-refractivity contribution < 1.29 is 9.84 Å². The fourth-order valence-corrected chi connectivity index (χ4v) is 2.93. The normalized spacial score (nSPS) is 25.1. The molecule has 0 bridgehead atoms. The van der Waals surface area contributed by atoms with Crippen LogP contribution in [0.15, 0.2) is 18.2 Å². The van der Waals surface area contributed by atoms with E-state index in [2.05, 4.69) is 11.4 Å². The highest BCUT2D eigenvalue weighted by Gasteiger charge is 2.24. The highest BCUT2D eigenvalue weighted by atomic mass is 16.5. The van der Waals surface area contributed by atoms with Crippen molar-refractivity contribution in [3.63, 3.8) is 0 Å². The molecule has 0 saturated carbocycles. The Hall–Kier alpha value is -1.06. The molecule has 2 N–H and O–H groups in total. The Morgan fingerprint density at radius 1 is 1.28 bits per heavy atom. The molecule has 1 aromatic carbocycles. The first kappa shape index (κ1) is 12.0. The number of aryl methyl sites for hydroxylation is 1. The summed E-state index contributed by atoms with van der Waals surface area (Å²) in [5.41, 5.74) is 2.28. The van der Waals surface area contributed by atoms with E-state index in [1.165, 1.54) is 12.0 Å². The van der Waals surface area contributed by atoms with E-state index < -0.39 is 0 Å². The minimum Gasteiger partial charge on any atom is -0.493 e. The van der Waals surface area contributed by atoms with E-state index in [1.54, 1.807) is 0 Å². The molecule has 3 nitrogen and oxygen atoms in total. The molecule has 1 aromatic rings. The predicted octanol–water partition coefficient (Wildman–Crippen LogP) is 2.19. The molecule has 2 atom stereocenters. The first-order valence-electron chi connectivity index (χ1n) is 7.02. The lowest BCUT2D eigenvalue weighted by atomic mass is 9.97. The number of ether oxygens (including phenoxy) is 1. The Kier molecular flexibility index (Phi) is 3.52. The first-order chi connectivity index (χ1) is 8.84. The zero-order valence-electron chi connectivity index (χ0n) is 10.7. The van der Waals surface area contributed by atoms with Gasteiger partial charge in [-0.15, -0.1) is 0 Å². The number of benzene rings is 1. The average molecular weight is 247 g/mol. The Balaban J connectivity index is 1.82. The molecule has 2 heterocycles. The number of hydrogen-bond donors (Lipinski definition) is 2. The number of hydrogen-bond acceptors (Lipinski definition) is 3. The van der Waals surface area contributed by atoms with Crippen molar-refractivity contribution >= 4 is 0 Å². The van der Waals surface area contributed by atoms with Gasteiger partial charge in [0.25, 0.3) is 0 Å². The van der Waals surface area contributed by atoms with Crippen molar-refractivity contribution in [2.45, 2.75) is 44.2 Å². The van der Waals surface area contributed by atoms with Gasteiger partial charge in [-0.25, -0.2) is 0 Å². The second kappa shape index (κ2) is 5.29. The maximum absolute atomic E-state index is 10.4. The monoisotopic (exact) mass is 247 g/mol. The first-order valence-corrected chi connectivity index (χ1v) is 7.02. The van der Waals surface area contributed by atoms with Gasteiger partial charge in [-0.05, 0) is 61.9 Å². The lowest BCUT2D eigenvalue weighted by Gasteiger charge is -2.20. The van der Waals surface area contributed by atoms with Gasteiger partial charge in [-0.1, -0.05) is 6.07 Å².